The van der Waals surface area contributed by atoms with Crippen LogP contribution in [0.25, 0.3) is 0 Å². The summed E-state index contributed by atoms with van der Waals surface area (Å²) in [5, 5.41) is 10.2. The maximum atomic E-state index is 12.6. The van der Waals surface area contributed by atoms with Gasteiger partial charge in [-0.1, -0.05) is 43.6 Å². The molecule has 1 aromatic rings. The number of ketones is 1. The average molecular weight is 417 g/mol. The quantitative estimate of drug-likeness (QED) is 0.168. The minimum absolute atomic E-state index is 0.286. The molecule has 6 heteroatoms. The van der Waals surface area contributed by atoms with E-state index in [2.05, 4.69) is 11.7 Å². The lowest BCUT2D eigenvalue weighted by atomic mass is 10.0. The Morgan fingerprint density at radius 3 is 2.53 bits per heavy atom. The van der Waals surface area contributed by atoms with Crippen LogP contribution in [0.3, 0.4) is 0 Å². The number of rotatable bonds is 12. The monoisotopic (exact) mass is 416 g/mol. The van der Waals surface area contributed by atoms with Gasteiger partial charge in [0.15, 0.2) is 5.78 Å². The molecule has 0 saturated heterocycles. The summed E-state index contributed by atoms with van der Waals surface area (Å²) in [6.07, 6.45) is 12.5. The molecule has 0 spiro atoms. The molecule has 30 heavy (non-hydrogen) atoms. The minimum atomic E-state index is -0.850. The highest BCUT2D eigenvalue weighted by Crippen LogP contribution is 2.20. The normalized spacial score (nSPS) is 12.4. The van der Waals surface area contributed by atoms with Gasteiger partial charge >= 0.3 is 11.6 Å². The second-order valence-electron chi connectivity index (χ2n) is 7.23. The highest BCUT2D eigenvalue weighted by atomic mass is 16.5. The van der Waals surface area contributed by atoms with Crippen molar-refractivity contribution >= 4 is 11.8 Å². The van der Waals surface area contributed by atoms with Crippen molar-refractivity contribution in [3.8, 4) is 5.75 Å². The van der Waals surface area contributed by atoms with Crippen LogP contribution in [0.4, 0.5) is 0 Å². The van der Waals surface area contributed by atoms with Gasteiger partial charge in [-0.25, -0.2) is 9.59 Å². The Labute approximate surface area is 177 Å². The summed E-state index contributed by atoms with van der Waals surface area (Å²) in [6.45, 7) is 5.76. The molecule has 0 radical (unpaired) electrons. The fourth-order valence-electron chi connectivity index (χ4n) is 2.78. The van der Waals surface area contributed by atoms with E-state index in [1.54, 1.807) is 19.1 Å². The van der Waals surface area contributed by atoms with E-state index in [9.17, 15) is 19.5 Å². The molecule has 1 rings (SSSR count). The molecule has 0 saturated carbocycles. The van der Waals surface area contributed by atoms with Crippen molar-refractivity contribution in [2.45, 2.75) is 65.7 Å². The molecule has 0 atom stereocenters. The molecule has 1 aromatic heterocycles. The molecule has 0 amide bonds. The number of unbranched alkanes of at least 4 members (excludes halogenated alkanes) is 3. The molecular formula is C24H32O6. The van der Waals surface area contributed by atoms with Crippen molar-refractivity contribution in [2.24, 2.45) is 0 Å². The summed E-state index contributed by atoms with van der Waals surface area (Å²) in [5.41, 5.74) is 0.309. The Bertz CT molecular complexity index is 870. The Hall–Kier alpha value is -2.89. The van der Waals surface area contributed by atoms with Crippen LogP contribution >= 0.6 is 0 Å². The first-order valence-corrected chi connectivity index (χ1v) is 10.3. The van der Waals surface area contributed by atoms with E-state index in [0.29, 0.717) is 24.8 Å². The number of hydrogen-bond acceptors (Lipinski definition) is 6. The molecular weight excluding hydrogens is 384 g/mol. The summed E-state index contributed by atoms with van der Waals surface area (Å²) in [4.78, 5) is 35.9. The van der Waals surface area contributed by atoms with Crippen LogP contribution in [0.15, 0.2) is 50.7 Å². The van der Waals surface area contributed by atoms with Gasteiger partial charge in [-0.05, 0) is 45.1 Å². The number of carbonyl (C=O) groups is 2. The zero-order valence-corrected chi connectivity index (χ0v) is 18.3. The third kappa shape index (κ3) is 8.64. The number of allylic oxidation sites excluding steroid dienone is 5. The molecule has 1 heterocycles. The van der Waals surface area contributed by atoms with Crippen molar-refractivity contribution in [3.63, 3.8) is 0 Å². The van der Waals surface area contributed by atoms with E-state index in [1.807, 2.05) is 13.0 Å². The van der Waals surface area contributed by atoms with Crippen molar-refractivity contribution in [3.05, 3.63) is 63.3 Å². The number of methoxy groups -OCH3 is 1. The lowest BCUT2D eigenvalue weighted by molar-refractivity contribution is -0.134. The van der Waals surface area contributed by atoms with E-state index in [1.165, 1.54) is 19.3 Å². The van der Waals surface area contributed by atoms with Gasteiger partial charge in [0.25, 0.3) is 0 Å². The van der Waals surface area contributed by atoms with Crippen LogP contribution in [-0.2, 0) is 16.0 Å². The first-order valence-electron chi connectivity index (χ1n) is 10.3. The standard InChI is InChI=1S/C24H32O6/c1-5-6-8-11-17(2)14-15-18(3)23(27)22-20(25)16-19(30-24(22)28)12-9-7-10-13-21(26)29-4/h10,13-16,25H,5-9,11-12H2,1-4H3/b13-10+,17-14-,18-15+. The van der Waals surface area contributed by atoms with E-state index in [0.717, 1.165) is 31.3 Å². The maximum Gasteiger partial charge on any atom is 0.351 e. The highest BCUT2D eigenvalue weighted by Gasteiger charge is 2.20. The fraction of sp³-hybridized carbons (Fsp3) is 0.458. The summed E-state index contributed by atoms with van der Waals surface area (Å²) in [6, 6.07) is 1.30. The van der Waals surface area contributed by atoms with Crippen LogP contribution in [0.5, 0.6) is 5.75 Å². The summed E-state index contributed by atoms with van der Waals surface area (Å²) in [5.74, 6) is -1.08. The fourth-order valence-corrected chi connectivity index (χ4v) is 2.78. The predicted molar refractivity (Wildman–Crippen MR) is 117 cm³/mol. The van der Waals surface area contributed by atoms with E-state index >= 15 is 0 Å². The predicted octanol–water partition coefficient (Wildman–Crippen LogP) is 5.05. The topological polar surface area (TPSA) is 93.8 Å². The molecule has 0 aliphatic carbocycles. The molecule has 1 N–H and O–H groups in total. The van der Waals surface area contributed by atoms with Crippen LogP contribution in [0.1, 0.15) is 75.4 Å². The number of ether oxygens (including phenoxy) is 1. The largest absolute Gasteiger partial charge is 0.507 e. The van der Waals surface area contributed by atoms with E-state index in [4.69, 9.17) is 4.42 Å². The van der Waals surface area contributed by atoms with Crippen molar-refractivity contribution < 1.29 is 23.8 Å². The Kier molecular flexibility index (Phi) is 11.2. The zero-order chi connectivity index (χ0) is 22.5. The average Bonchev–Trinajstić information content (AvgIpc) is 2.71. The van der Waals surface area contributed by atoms with Gasteiger partial charge in [0.05, 0.1) is 7.11 Å². The van der Waals surface area contributed by atoms with Gasteiger partial charge in [0, 0.05) is 18.6 Å². The summed E-state index contributed by atoms with van der Waals surface area (Å²) in [7, 11) is 1.30. The maximum absolute atomic E-state index is 12.6. The first-order chi connectivity index (χ1) is 14.3. The molecule has 0 aliphatic heterocycles. The number of aryl methyl sites for hydroxylation is 1. The second-order valence-corrected chi connectivity index (χ2v) is 7.23. The molecule has 164 valence electrons. The van der Waals surface area contributed by atoms with Crippen molar-refractivity contribution in [2.75, 3.05) is 7.11 Å². The van der Waals surface area contributed by atoms with Crippen LogP contribution in [0.2, 0.25) is 0 Å². The van der Waals surface area contributed by atoms with Gasteiger partial charge in [0.2, 0.25) is 0 Å². The summed E-state index contributed by atoms with van der Waals surface area (Å²) < 4.78 is 9.70. The van der Waals surface area contributed by atoms with Gasteiger partial charge in [0.1, 0.15) is 17.1 Å². The Morgan fingerprint density at radius 1 is 1.17 bits per heavy atom. The lowest BCUT2D eigenvalue weighted by Crippen LogP contribution is -2.16. The second kappa shape index (κ2) is 13.4. The smallest absolute Gasteiger partial charge is 0.351 e. The summed E-state index contributed by atoms with van der Waals surface area (Å²) >= 11 is 0. The molecule has 0 aliphatic rings. The molecule has 0 aromatic carbocycles. The number of hydrogen-bond donors (Lipinski definition) is 1. The Balaban J connectivity index is 2.80. The number of aromatic hydroxyl groups is 1. The Morgan fingerprint density at radius 2 is 1.90 bits per heavy atom. The first kappa shape index (κ1) is 25.1. The van der Waals surface area contributed by atoms with Crippen LogP contribution < -0.4 is 5.63 Å². The molecule has 0 unspecified atom stereocenters. The minimum Gasteiger partial charge on any atom is -0.507 e. The third-order valence-corrected chi connectivity index (χ3v) is 4.61. The number of Topliss-reactive ketones (excluding diaryl/α,β-unsaturated/α-hetero) is 1. The van der Waals surface area contributed by atoms with Gasteiger partial charge in [-0.2, -0.15) is 0 Å². The number of carbonyl (C=O) groups excluding carboxylic acids is 2. The lowest BCUT2D eigenvalue weighted by Gasteiger charge is -2.05. The van der Waals surface area contributed by atoms with Gasteiger partial charge in [-0.15, -0.1) is 0 Å². The third-order valence-electron chi connectivity index (χ3n) is 4.61. The van der Waals surface area contributed by atoms with Gasteiger partial charge in [-0.3, -0.25) is 4.79 Å². The molecule has 0 fully saturated rings. The molecule has 6 nitrogen and oxygen atoms in total. The SMILES string of the molecule is CCCCC/C(C)=C\C=C(/C)C(=O)c1c(O)cc(CCC/C=C/C(=O)OC)oc1=O. The number of esters is 1. The zero-order valence-electron chi connectivity index (χ0n) is 18.3. The highest BCUT2D eigenvalue weighted by molar-refractivity contribution is 6.09. The van der Waals surface area contributed by atoms with E-state index < -0.39 is 17.4 Å². The van der Waals surface area contributed by atoms with Crippen LogP contribution in [-0.4, -0.2) is 24.0 Å². The van der Waals surface area contributed by atoms with E-state index in [-0.39, 0.29) is 17.1 Å². The van der Waals surface area contributed by atoms with Crippen molar-refractivity contribution in [1.29, 1.82) is 0 Å². The van der Waals surface area contributed by atoms with Crippen LogP contribution in [0, 0.1) is 0 Å². The van der Waals surface area contributed by atoms with Gasteiger partial charge < -0.3 is 14.3 Å². The van der Waals surface area contributed by atoms with Crippen molar-refractivity contribution in [1.82, 2.24) is 0 Å². The molecule has 0 bridgehead atoms.